The molecule has 3 aromatic rings. The quantitative estimate of drug-likeness (QED) is 0.779. The number of imidazole rings is 1. The summed E-state index contributed by atoms with van der Waals surface area (Å²) in [6.45, 7) is 2.95. The minimum atomic E-state index is -0.190. The van der Waals surface area contributed by atoms with Gasteiger partial charge in [0.25, 0.3) is 0 Å². The molecule has 3 rings (SSSR count). The van der Waals surface area contributed by atoms with Crippen LogP contribution in [0.1, 0.15) is 24.4 Å². The number of benzene rings is 2. The van der Waals surface area contributed by atoms with Gasteiger partial charge in [-0.05, 0) is 49.7 Å². The lowest BCUT2D eigenvalue weighted by molar-refractivity contribution is 0.536. The molecule has 1 aromatic heterocycles. The van der Waals surface area contributed by atoms with E-state index in [1.54, 1.807) is 0 Å². The molecule has 1 N–H and O–H groups in total. The predicted octanol–water partition coefficient (Wildman–Crippen LogP) is 3.61. The molecule has 0 spiro atoms. The standard InChI is InChI=1S/C18H20FN3/c1-13(20-12-11-14-7-9-15(19)10-8-14)18-21-16-5-3-4-6-17(16)22(18)2/h3-10,13,20H,11-12H2,1-2H3. The van der Waals surface area contributed by atoms with Gasteiger partial charge in [-0.25, -0.2) is 9.37 Å². The van der Waals surface area contributed by atoms with Crippen LogP contribution < -0.4 is 5.32 Å². The highest BCUT2D eigenvalue weighted by Crippen LogP contribution is 2.19. The highest BCUT2D eigenvalue weighted by molar-refractivity contribution is 5.75. The first-order chi connectivity index (χ1) is 10.6. The summed E-state index contributed by atoms with van der Waals surface area (Å²) in [4.78, 5) is 4.70. The van der Waals surface area contributed by atoms with Crippen molar-refractivity contribution in [3.63, 3.8) is 0 Å². The van der Waals surface area contributed by atoms with E-state index < -0.39 is 0 Å². The van der Waals surface area contributed by atoms with Gasteiger partial charge < -0.3 is 9.88 Å². The van der Waals surface area contributed by atoms with E-state index in [1.807, 2.05) is 37.4 Å². The number of hydrogen-bond donors (Lipinski definition) is 1. The smallest absolute Gasteiger partial charge is 0.126 e. The average molecular weight is 297 g/mol. The largest absolute Gasteiger partial charge is 0.330 e. The maximum Gasteiger partial charge on any atom is 0.126 e. The monoisotopic (exact) mass is 297 g/mol. The fraction of sp³-hybridized carbons (Fsp3) is 0.278. The number of aromatic nitrogens is 2. The lowest BCUT2D eigenvalue weighted by atomic mass is 10.1. The molecule has 0 aliphatic carbocycles. The van der Waals surface area contributed by atoms with Gasteiger partial charge in [0.05, 0.1) is 17.1 Å². The summed E-state index contributed by atoms with van der Waals surface area (Å²) < 4.78 is 15.0. The molecular weight excluding hydrogens is 277 g/mol. The summed E-state index contributed by atoms with van der Waals surface area (Å²) in [6, 6.07) is 15.0. The molecule has 4 heteroatoms. The van der Waals surface area contributed by atoms with E-state index >= 15 is 0 Å². The van der Waals surface area contributed by atoms with Gasteiger partial charge in [0.1, 0.15) is 11.6 Å². The van der Waals surface area contributed by atoms with Crippen molar-refractivity contribution in [2.45, 2.75) is 19.4 Å². The van der Waals surface area contributed by atoms with Crippen LogP contribution in [0, 0.1) is 5.82 Å². The van der Waals surface area contributed by atoms with Crippen molar-refractivity contribution in [2.75, 3.05) is 6.54 Å². The zero-order chi connectivity index (χ0) is 15.5. The summed E-state index contributed by atoms with van der Waals surface area (Å²) in [5, 5.41) is 3.49. The van der Waals surface area contributed by atoms with Gasteiger partial charge in [0.15, 0.2) is 0 Å². The Morgan fingerprint density at radius 2 is 1.86 bits per heavy atom. The molecule has 114 valence electrons. The Morgan fingerprint density at radius 3 is 2.59 bits per heavy atom. The van der Waals surface area contributed by atoms with Gasteiger partial charge in [-0.1, -0.05) is 24.3 Å². The average Bonchev–Trinajstić information content (AvgIpc) is 2.87. The zero-order valence-corrected chi connectivity index (χ0v) is 12.9. The molecule has 0 bridgehead atoms. The van der Waals surface area contributed by atoms with Crippen LogP contribution in [0.3, 0.4) is 0 Å². The van der Waals surface area contributed by atoms with Crippen LogP contribution in [0.5, 0.6) is 0 Å². The Balaban J connectivity index is 1.64. The number of aryl methyl sites for hydroxylation is 1. The Labute approximate surface area is 129 Å². The summed E-state index contributed by atoms with van der Waals surface area (Å²) in [6.07, 6.45) is 0.870. The first kappa shape index (κ1) is 14.7. The van der Waals surface area contributed by atoms with E-state index in [9.17, 15) is 4.39 Å². The maximum absolute atomic E-state index is 12.9. The fourth-order valence-corrected chi connectivity index (χ4v) is 2.73. The number of para-hydroxylation sites is 2. The van der Waals surface area contributed by atoms with Crippen LogP contribution in [-0.4, -0.2) is 16.1 Å². The molecular formula is C18H20FN3. The van der Waals surface area contributed by atoms with Gasteiger partial charge in [0, 0.05) is 7.05 Å². The third-order valence-corrected chi connectivity index (χ3v) is 3.99. The van der Waals surface area contributed by atoms with Crippen LogP contribution in [0.4, 0.5) is 4.39 Å². The molecule has 22 heavy (non-hydrogen) atoms. The topological polar surface area (TPSA) is 29.9 Å². The number of halogens is 1. The minimum Gasteiger partial charge on any atom is -0.330 e. The first-order valence-corrected chi connectivity index (χ1v) is 7.54. The second kappa shape index (κ2) is 6.28. The number of rotatable bonds is 5. The van der Waals surface area contributed by atoms with E-state index in [-0.39, 0.29) is 11.9 Å². The molecule has 1 atom stereocenters. The number of hydrogen-bond acceptors (Lipinski definition) is 2. The summed E-state index contributed by atoms with van der Waals surface area (Å²) in [5.41, 5.74) is 3.29. The van der Waals surface area contributed by atoms with Crippen molar-refractivity contribution in [1.29, 1.82) is 0 Å². The molecule has 0 radical (unpaired) electrons. The Hall–Kier alpha value is -2.20. The normalized spacial score (nSPS) is 12.7. The lowest BCUT2D eigenvalue weighted by Gasteiger charge is -2.14. The third kappa shape index (κ3) is 3.02. The van der Waals surface area contributed by atoms with Gasteiger partial charge in [-0.2, -0.15) is 0 Å². The van der Waals surface area contributed by atoms with Crippen LogP contribution in [0.25, 0.3) is 11.0 Å². The summed E-state index contributed by atoms with van der Waals surface area (Å²) in [7, 11) is 2.04. The molecule has 0 fully saturated rings. The SMILES string of the molecule is CC(NCCc1ccc(F)cc1)c1nc2ccccc2n1C. The molecule has 0 aliphatic rings. The highest BCUT2D eigenvalue weighted by Gasteiger charge is 2.13. The summed E-state index contributed by atoms with van der Waals surface area (Å²) in [5.74, 6) is 0.838. The molecule has 2 aromatic carbocycles. The Kier molecular flexibility index (Phi) is 4.20. The molecule has 3 nitrogen and oxygen atoms in total. The van der Waals surface area contributed by atoms with Gasteiger partial charge >= 0.3 is 0 Å². The first-order valence-electron chi connectivity index (χ1n) is 7.54. The minimum absolute atomic E-state index is 0.165. The van der Waals surface area contributed by atoms with Gasteiger partial charge in [-0.15, -0.1) is 0 Å². The second-order valence-electron chi connectivity index (χ2n) is 5.57. The van der Waals surface area contributed by atoms with Gasteiger partial charge in [0.2, 0.25) is 0 Å². The van der Waals surface area contributed by atoms with E-state index in [0.29, 0.717) is 0 Å². The molecule has 0 aliphatic heterocycles. The maximum atomic E-state index is 12.9. The molecule has 1 heterocycles. The number of fused-ring (bicyclic) bond motifs is 1. The van der Waals surface area contributed by atoms with Crippen molar-refractivity contribution in [1.82, 2.24) is 14.9 Å². The van der Waals surface area contributed by atoms with Crippen LogP contribution in [0.15, 0.2) is 48.5 Å². The Bertz CT molecular complexity index is 762. The van der Waals surface area contributed by atoms with Gasteiger partial charge in [-0.3, -0.25) is 0 Å². The fourth-order valence-electron chi connectivity index (χ4n) is 2.73. The van der Waals surface area contributed by atoms with Crippen LogP contribution in [-0.2, 0) is 13.5 Å². The van der Waals surface area contributed by atoms with Crippen molar-refractivity contribution >= 4 is 11.0 Å². The van der Waals surface area contributed by atoms with Crippen molar-refractivity contribution < 1.29 is 4.39 Å². The zero-order valence-electron chi connectivity index (χ0n) is 12.9. The molecule has 1 unspecified atom stereocenters. The van der Waals surface area contributed by atoms with E-state index in [2.05, 4.69) is 22.9 Å². The predicted molar refractivity (Wildman–Crippen MR) is 87.2 cm³/mol. The number of nitrogens with zero attached hydrogens (tertiary/aromatic N) is 2. The second-order valence-corrected chi connectivity index (χ2v) is 5.57. The van der Waals surface area contributed by atoms with E-state index in [1.165, 1.54) is 12.1 Å². The van der Waals surface area contributed by atoms with Crippen molar-refractivity contribution in [3.8, 4) is 0 Å². The van der Waals surface area contributed by atoms with E-state index in [4.69, 9.17) is 4.98 Å². The van der Waals surface area contributed by atoms with Crippen LogP contribution in [0.2, 0.25) is 0 Å². The Morgan fingerprint density at radius 1 is 1.14 bits per heavy atom. The highest BCUT2D eigenvalue weighted by atomic mass is 19.1. The van der Waals surface area contributed by atoms with Crippen molar-refractivity contribution in [3.05, 3.63) is 65.7 Å². The van der Waals surface area contributed by atoms with Crippen LogP contribution >= 0.6 is 0 Å². The lowest BCUT2D eigenvalue weighted by Crippen LogP contribution is -2.23. The number of nitrogens with one attached hydrogen (secondary N) is 1. The van der Waals surface area contributed by atoms with Crippen molar-refractivity contribution in [2.24, 2.45) is 7.05 Å². The molecule has 0 saturated heterocycles. The van der Waals surface area contributed by atoms with E-state index in [0.717, 1.165) is 35.4 Å². The summed E-state index contributed by atoms with van der Waals surface area (Å²) >= 11 is 0. The molecule has 0 saturated carbocycles. The third-order valence-electron chi connectivity index (χ3n) is 3.99. The molecule has 0 amide bonds.